The molecule has 0 radical (unpaired) electrons. The van der Waals surface area contributed by atoms with Crippen LogP contribution in [0.5, 0.6) is 5.75 Å². The number of carbonyl (C=O) groups excluding carboxylic acids is 3. The Morgan fingerprint density at radius 1 is 1.07 bits per heavy atom. The largest absolute Gasteiger partial charge is 0.494 e. The molecule has 0 heterocycles. The van der Waals surface area contributed by atoms with Crippen LogP contribution in [0.3, 0.4) is 0 Å². The summed E-state index contributed by atoms with van der Waals surface area (Å²) in [5.41, 5.74) is -1.08. The van der Waals surface area contributed by atoms with Gasteiger partial charge in [-0.05, 0) is 44.9 Å². The van der Waals surface area contributed by atoms with Crippen molar-refractivity contribution in [3.05, 3.63) is 29.8 Å². The van der Waals surface area contributed by atoms with Gasteiger partial charge in [0.15, 0.2) is 5.78 Å². The molecule has 0 unspecified atom stereocenters. The van der Waals surface area contributed by atoms with Gasteiger partial charge >= 0.3 is 11.9 Å². The number of benzene rings is 1. The van der Waals surface area contributed by atoms with Crippen molar-refractivity contribution in [1.29, 1.82) is 0 Å². The number of aliphatic hydroxyl groups is 1. The normalized spacial score (nSPS) is 26.7. The second kappa shape index (κ2) is 9.87. The van der Waals surface area contributed by atoms with Crippen LogP contribution in [0.1, 0.15) is 52.0 Å². The maximum Gasteiger partial charge on any atom is 0.317 e. The summed E-state index contributed by atoms with van der Waals surface area (Å²) in [6.07, 6.45) is 0.533. The monoisotopic (exact) mass is 406 g/mol. The first-order valence-electron chi connectivity index (χ1n) is 10.1. The molecule has 160 valence electrons. The van der Waals surface area contributed by atoms with Crippen LogP contribution in [0.25, 0.3) is 0 Å². The van der Waals surface area contributed by atoms with Crippen molar-refractivity contribution in [2.75, 3.05) is 19.8 Å². The quantitative estimate of drug-likeness (QED) is 0.523. The molecule has 29 heavy (non-hydrogen) atoms. The molecule has 0 spiro atoms. The predicted molar refractivity (Wildman–Crippen MR) is 105 cm³/mol. The second-order valence-electron chi connectivity index (χ2n) is 7.40. The van der Waals surface area contributed by atoms with E-state index < -0.39 is 41.1 Å². The molecule has 0 bridgehead atoms. The summed E-state index contributed by atoms with van der Waals surface area (Å²) in [6, 6.07) is 6.87. The van der Waals surface area contributed by atoms with Gasteiger partial charge in [0, 0.05) is 12.3 Å². The summed E-state index contributed by atoms with van der Waals surface area (Å²) in [4.78, 5) is 38.2. The number of Topliss-reactive ketones (excluding diaryl/α,β-unsaturated/α-hetero) is 1. The summed E-state index contributed by atoms with van der Waals surface area (Å²) in [7, 11) is 0. The van der Waals surface area contributed by atoms with Crippen LogP contribution in [0, 0.1) is 11.8 Å². The molecule has 0 saturated heterocycles. The van der Waals surface area contributed by atoms with Gasteiger partial charge in [0.1, 0.15) is 11.7 Å². The van der Waals surface area contributed by atoms with E-state index in [4.69, 9.17) is 14.2 Å². The van der Waals surface area contributed by atoms with Crippen molar-refractivity contribution in [3.8, 4) is 5.75 Å². The van der Waals surface area contributed by atoms with E-state index in [1.54, 1.807) is 38.1 Å². The fourth-order valence-electron chi connectivity index (χ4n) is 3.89. The first kappa shape index (κ1) is 22.9. The molecule has 0 amide bonds. The Morgan fingerprint density at radius 2 is 1.66 bits per heavy atom. The Balaban J connectivity index is 2.52. The Kier molecular flexibility index (Phi) is 7.79. The molecular weight excluding hydrogens is 376 g/mol. The minimum Gasteiger partial charge on any atom is -0.494 e. The SMILES string of the molecule is CCCOc1ccc([C@@H]2[C@H](C(=O)OCC)C(=O)C[C@](C)(O)[C@@H]2C(=O)OCC)cc1. The van der Waals surface area contributed by atoms with Crippen molar-refractivity contribution in [3.63, 3.8) is 0 Å². The van der Waals surface area contributed by atoms with Gasteiger partial charge in [-0.1, -0.05) is 19.1 Å². The van der Waals surface area contributed by atoms with Crippen LogP contribution in [0.15, 0.2) is 24.3 Å². The zero-order valence-electron chi connectivity index (χ0n) is 17.5. The lowest BCUT2D eigenvalue weighted by Gasteiger charge is -2.43. The first-order valence-corrected chi connectivity index (χ1v) is 10.1. The molecule has 1 fully saturated rings. The third-order valence-corrected chi connectivity index (χ3v) is 5.09. The van der Waals surface area contributed by atoms with Crippen molar-refractivity contribution >= 4 is 17.7 Å². The Bertz CT molecular complexity index is 723. The highest BCUT2D eigenvalue weighted by molar-refractivity contribution is 6.02. The van der Waals surface area contributed by atoms with Gasteiger partial charge in [-0.2, -0.15) is 0 Å². The lowest BCUT2D eigenvalue weighted by molar-refractivity contribution is -0.172. The van der Waals surface area contributed by atoms with Gasteiger partial charge in [0.25, 0.3) is 0 Å². The van der Waals surface area contributed by atoms with E-state index in [0.29, 0.717) is 17.9 Å². The molecule has 1 aliphatic rings. The minimum absolute atomic E-state index is 0.111. The molecule has 4 atom stereocenters. The molecule has 0 aliphatic heterocycles. The van der Waals surface area contributed by atoms with Gasteiger partial charge in [0.05, 0.1) is 31.3 Å². The topological polar surface area (TPSA) is 99.1 Å². The molecule has 2 rings (SSSR count). The van der Waals surface area contributed by atoms with E-state index in [0.717, 1.165) is 6.42 Å². The molecule has 1 aromatic rings. The van der Waals surface area contributed by atoms with Crippen LogP contribution in [0.2, 0.25) is 0 Å². The van der Waals surface area contributed by atoms with Crippen molar-refractivity contribution < 1.29 is 33.7 Å². The van der Waals surface area contributed by atoms with Gasteiger partial charge in [-0.15, -0.1) is 0 Å². The molecule has 7 nitrogen and oxygen atoms in total. The van der Waals surface area contributed by atoms with Crippen molar-refractivity contribution in [1.82, 2.24) is 0 Å². The van der Waals surface area contributed by atoms with Crippen LogP contribution < -0.4 is 4.74 Å². The second-order valence-corrected chi connectivity index (χ2v) is 7.40. The Hall–Kier alpha value is -2.41. The number of ether oxygens (including phenoxy) is 3. The first-order chi connectivity index (χ1) is 13.8. The van der Waals surface area contributed by atoms with E-state index in [-0.39, 0.29) is 19.6 Å². The zero-order chi connectivity index (χ0) is 21.6. The van der Waals surface area contributed by atoms with Crippen LogP contribution in [0.4, 0.5) is 0 Å². The summed E-state index contributed by atoms with van der Waals surface area (Å²) < 4.78 is 15.9. The van der Waals surface area contributed by atoms with Gasteiger partial charge < -0.3 is 19.3 Å². The van der Waals surface area contributed by atoms with Crippen molar-refractivity contribution in [2.24, 2.45) is 11.8 Å². The molecule has 1 saturated carbocycles. The molecule has 0 aromatic heterocycles. The molecule has 1 aromatic carbocycles. The third-order valence-electron chi connectivity index (χ3n) is 5.09. The highest BCUT2D eigenvalue weighted by Crippen LogP contribution is 2.47. The summed E-state index contributed by atoms with van der Waals surface area (Å²) in [5.74, 6) is -4.32. The lowest BCUT2D eigenvalue weighted by Crippen LogP contribution is -2.55. The predicted octanol–water partition coefficient (Wildman–Crippen LogP) is 2.64. The lowest BCUT2D eigenvalue weighted by atomic mass is 9.61. The van der Waals surface area contributed by atoms with Crippen LogP contribution >= 0.6 is 0 Å². The van der Waals surface area contributed by atoms with Gasteiger partial charge in [0.2, 0.25) is 0 Å². The Morgan fingerprint density at radius 3 is 2.21 bits per heavy atom. The fraction of sp³-hybridized carbons (Fsp3) is 0.591. The molecular formula is C22H30O7. The number of rotatable bonds is 8. The Labute approximate surface area is 171 Å². The van der Waals surface area contributed by atoms with Gasteiger partial charge in [-0.25, -0.2) is 0 Å². The van der Waals surface area contributed by atoms with E-state index in [1.165, 1.54) is 6.92 Å². The molecule has 1 N–H and O–H groups in total. The number of hydrogen-bond acceptors (Lipinski definition) is 7. The van der Waals surface area contributed by atoms with Crippen LogP contribution in [-0.2, 0) is 23.9 Å². The maximum absolute atomic E-state index is 12.8. The summed E-state index contributed by atoms with van der Waals surface area (Å²) in [5, 5.41) is 10.9. The molecule has 7 heteroatoms. The summed E-state index contributed by atoms with van der Waals surface area (Å²) >= 11 is 0. The zero-order valence-corrected chi connectivity index (χ0v) is 17.5. The number of carbonyl (C=O) groups is 3. The van der Waals surface area contributed by atoms with Gasteiger partial charge in [-0.3, -0.25) is 14.4 Å². The van der Waals surface area contributed by atoms with E-state index >= 15 is 0 Å². The van der Waals surface area contributed by atoms with Crippen molar-refractivity contribution in [2.45, 2.75) is 52.1 Å². The number of esters is 2. The standard InChI is InChI=1S/C22H30O7/c1-5-12-29-15-10-8-14(9-11-15)17-18(20(24)27-6-2)16(23)13-22(4,26)19(17)21(25)28-7-3/h8-11,17-19,26H,5-7,12-13H2,1-4H3/t17-,18-,19+,22+/m1/s1. The number of hydrogen-bond donors (Lipinski definition) is 1. The van der Waals surface area contributed by atoms with E-state index in [2.05, 4.69) is 0 Å². The molecule has 1 aliphatic carbocycles. The van der Waals surface area contributed by atoms with E-state index in [9.17, 15) is 19.5 Å². The minimum atomic E-state index is -1.64. The number of ketones is 1. The average molecular weight is 406 g/mol. The summed E-state index contributed by atoms with van der Waals surface area (Å²) in [6.45, 7) is 7.54. The average Bonchev–Trinajstić information content (AvgIpc) is 2.65. The fourth-order valence-corrected chi connectivity index (χ4v) is 3.89. The van der Waals surface area contributed by atoms with Crippen LogP contribution in [-0.4, -0.2) is 48.3 Å². The van der Waals surface area contributed by atoms with E-state index in [1.807, 2.05) is 6.92 Å². The third kappa shape index (κ3) is 5.15. The smallest absolute Gasteiger partial charge is 0.317 e. The highest BCUT2D eigenvalue weighted by atomic mass is 16.5. The maximum atomic E-state index is 12.8. The highest BCUT2D eigenvalue weighted by Gasteiger charge is 2.57.